The summed E-state index contributed by atoms with van der Waals surface area (Å²) in [6.07, 6.45) is 2.55. The van der Waals surface area contributed by atoms with E-state index in [0.29, 0.717) is 24.5 Å². The number of amides is 2. The van der Waals surface area contributed by atoms with Gasteiger partial charge < -0.3 is 15.0 Å². The number of likely N-dealkylation sites (tertiary alicyclic amines) is 1. The molecule has 7 heteroatoms. The van der Waals surface area contributed by atoms with E-state index < -0.39 is 0 Å². The van der Waals surface area contributed by atoms with Crippen molar-refractivity contribution in [1.29, 1.82) is 0 Å². The molecule has 2 aromatic rings. The Morgan fingerprint density at radius 1 is 1.10 bits per heavy atom. The van der Waals surface area contributed by atoms with Crippen LogP contribution in [0.3, 0.4) is 0 Å². The molecule has 0 saturated carbocycles. The first-order valence-electron chi connectivity index (χ1n) is 10.4. The molecule has 2 heterocycles. The van der Waals surface area contributed by atoms with E-state index in [1.807, 2.05) is 48.5 Å². The van der Waals surface area contributed by atoms with Crippen molar-refractivity contribution in [1.82, 2.24) is 10.2 Å². The second kappa shape index (κ2) is 9.49. The summed E-state index contributed by atoms with van der Waals surface area (Å²) in [5.74, 6) is 0.459. The number of nitrogens with zero attached hydrogens (tertiary/aromatic N) is 2. The number of anilines is 1. The van der Waals surface area contributed by atoms with Crippen molar-refractivity contribution in [2.24, 2.45) is 0 Å². The zero-order valence-corrected chi connectivity index (χ0v) is 17.6. The number of rotatable bonds is 7. The lowest BCUT2D eigenvalue weighted by Gasteiger charge is -2.30. The zero-order valence-electron chi connectivity index (χ0n) is 16.9. The minimum absolute atomic E-state index is 0.00216. The van der Waals surface area contributed by atoms with Gasteiger partial charge in [-0.3, -0.25) is 14.5 Å². The third-order valence-corrected chi connectivity index (χ3v) is 6.05. The number of ether oxygens (including phenoxy) is 1. The molecule has 0 spiro atoms. The van der Waals surface area contributed by atoms with Gasteiger partial charge in [0, 0.05) is 24.5 Å². The molecule has 30 heavy (non-hydrogen) atoms. The number of carbonyl (C=O) groups is 2. The Labute approximate surface area is 181 Å². The predicted molar refractivity (Wildman–Crippen MR) is 117 cm³/mol. The van der Waals surface area contributed by atoms with Gasteiger partial charge in [0.05, 0.1) is 11.7 Å². The van der Waals surface area contributed by atoms with Gasteiger partial charge >= 0.3 is 0 Å². The van der Waals surface area contributed by atoms with E-state index in [2.05, 4.69) is 10.2 Å². The van der Waals surface area contributed by atoms with Crippen LogP contribution in [0.25, 0.3) is 0 Å². The molecule has 2 aromatic carbocycles. The lowest BCUT2D eigenvalue weighted by Crippen LogP contribution is -2.42. The molecule has 158 valence electrons. The van der Waals surface area contributed by atoms with Crippen molar-refractivity contribution >= 4 is 29.1 Å². The van der Waals surface area contributed by atoms with E-state index in [1.165, 1.54) is 0 Å². The standard InChI is InChI=1S/C23H26ClN3O3/c24-18-8-2-1-7-17(18)20(26-12-5-6-13-26)15-25-22(28)11-14-27-19-9-3-4-10-21(19)30-16-23(27)29/h1-4,7-10,20H,5-6,11-16H2,(H,25,28). The number of benzene rings is 2. The number of nitrogens with one attached hydrogen (secondary N) is 1. The summed E-state index contributed by atoms with van der Waals surface area (Å²) in [5.41, 5.74) is 1.76. The van der Waals surface area contributed by atoms with E-state index in [0.717, 1.165) is 36.5 Å². The van der Waals surface area contributed by atoms with Gasteiger partial charge in [-0.05, 0) is 49.7 Å². The van der Waals surface area contributed by atoms with Gasteiger partial charge in [-0.25, -0.2) is 0 Å². The van der Waals surface area contributed by atoms with Crippen LogP contribution in [0.1, 0.15) is 30.9 Å². The predicted octanol–water partition coefficient (Wildman–Crippen LogP) is 3.41. The highest BCUT2D eigenvalue weighted by molar-refractivity contribution is 6.31. The molecule has 1 saturated heterocycles. The number of para-hydroxylation sites is 2. The monoisotopic (exact) mass is 427 g/mol. The first-order chi connectivity index (χ1) is 14.6. The molecular weight excluding hydrogens is 402 g/mol. The molecule has 6 nitrogen and oxygen atoms in total. The first kappa shape index (κ1) is 20.7. The fourth-order valence-electron chi connectivity index (χ4n) is 4.15. The lowest BCUT2D eigenvalue weighted by molar-refractivity contribution is -0.122. The lowest BCUT2D eigenvalue weighted by atomic mass is 10.1. The van der Waals surface area contributed by atoms with E-state index in [1.54, 1.807) is 4.90 Å². The van der Waals surface area contributed by atoms with Crippen LogP contribution in [0.2, 0.25) is 5.02 Å². The molecular formula is C23H26ClN3O3. The summed E-state index contributed by atoms with van der Waals surface area (Å²) in [6, 6.07) is 15.3. The second-order valence-corrected chi connectivity index (χ2v) is 8.04. The first-order valence-corrected chi connectivity index (χ1v) is 10.8. The fourth-order valence-corrected chi connectivity index (χ4v) is 4.41. The van der Waals surface area contributed by atoms with Crippen LogP contribution >= 0.6 is 11.6 Å². The number of hydrogen-bond donors (Lipinski definition) is 1. The number of fused-ring (bicyclic) bond motifs is 1. The van der Waals surface area contributed by atoms with Crippen molar-refractivity contribution in [3.8, 4) is 5.75 Å². The Balaban J connectivity index is 1.37. The minimum atomic E-state index is -0.132. The summed E-state index contributed by atoms with van der Waals surface area (Å²) in [4.78, 5) is 28.9. The highest BCUT2D eigenvalue weighted by Gasteiger charge is 2.27. The molecule has 1 atom stereocenters. The molecule has 2 aliphatic heterocycles. The summed E-state index contributed by atoms with van der Waals surface area (Å²) >= 11 is 6.44. The van der Waals surface area contributed by atoms with Crippen LogP contribution in [0.15, 0.2) is 48.5 Å². The third-order valence-electron chi connectivity index (χ3n) is 5.71. The summed E-state index contributed by atoms with van der Waals surface area (Å²) in [5, 5.41) is 3.78. The second-order valence-electron chi connectivity index (χ2n) is 7.64. The highest BCUT2D eigenvalue weighted by Crippen LogP contribution is 2.32. The van der Waals surface area contributed by atoms with Gasteiger partial charge in [0.1, 0.15) is 5.75 Å². The van der Waals surface area contributed by atoms with Crippen molar-refractivity contribution < 1.29 is 14.3 Å². The Morgan fingerprint density at radius 2 is 1.83 bits per heavy atom. The molecule has 1 unspecified atom stereocenters. The molecule has 0 aliphatic carbocycles. The van der Waals surface area contributed by atoms with E-state index in [-0.39, 0.29) is 30.9 Å². The number of hydrogen-bond acceptors (Lipinski definition) is 4. The molecule has 1 fully saturated rings. The third kappa shape index (κ3) is 4.60. The van der Waals surface area contributed by atoms with Crippen LogP contribution in [0, 0.1) is 0 Å². The SMILES string of the molecule is O=C(CCN1C(=O)COc2ccccc21)NCC(c1ccccc1Cl)N1CCCC1. The number of halogens is 1. The summed E-state index contributed by atoms with van der Waals surface area (Å²) < 4.78 is 5.46. The average Bonchev–Trinajstić information content (AvgIpc) is 3.29. The van der Waals surface area contributed by atoms with Crippen LogP contribution in [-0.2, 0) is 9.59 Å². The van der Waals surface area contributed by atoms with Crippen LogP contribution in [0.4, 0.5) is 5.69 Å². The van der Waals surface area contributed by atoms with Crippen LogP contribution in [-0.4, -0.2) is 49.5 Å². The van der Waals surface area contributed by atoms with Gasteiger partial charge in [-0.15, -0.1) is 0 Å². The van der Waals surface area contributed by atoms with Crippen LogP contribution < -0.4 is 15.0 Å². The molecule has 2 aliphatic rings. The summed E-state index contributed by atoms with van der Waals surface area (Å²) in [7, 11) is 0. The Kier molecular flexibility index (Phi) is 6.55. The maximum absolute atomic E-state index is 12.6. The molecule has 0 aromatic heterocycles. The van der Waals surface area contributed by atoms with E-state index >= 15 is 0 Å². The maximum atomic E-state index is 12.6. The van der Waals surface area contributed by atoms with Gasteiger partial charge in [-0.1, -0.05) is 41.9 Å². The van der Waals surface area contributed by atoms with Crippen molar-refractivity contribution in [2.45, 2.75) is 25.3 Å². The van der Waals surface area contributed by atoms with E-state index in [4.69, 9.17) is 16.3 Å². The van der Waals surface area contributed by atoms with Gasteiger partial charge in [0.25, 0.3) is 5.91 Å². The Hall–Kier alpha value is -2.57. The van der Waals surface area contributed by atoms with Crippen molar-refractivity contribution in [3.63, 3.8) is 0 Å². The van der Waals surface area contributed by atoms with Crippen molar-refractivity contribution in [2.75, 3.05) is 37.7 Å². The quantitative estimate of drug-likeness (QED) is 0.735. The molecule has 2 amide bonds. The van der Waals surface area contributed by atoms with E-state index in [9.17, 15) is 9.59 Å². The zero-order chi connectivity index (χ0) is 20.9. The molecule has 0 radical (unpaired) electrons. The topological polar surface area (TPSA) is 61.9 Å². The normalized spacial score (nSPS) is 17.4. The van der Waals surface area contributed by atoms with Gasteiger partial charge in [0.15, 0.2) is 6.61 Å². The minimum Gasteiger partial charge on any atom is -0.482 e. The number of carbonyl (C=O) groups excluding carboxylic acids is 2. The Bertz CT molecular complexity index is 914. The highest BCUT2D eigenvalue weighted by atomic mass is 35.5. The molecule has 4 rings (SSSR count). The van der Waals surface area contributed by atoms with Crippen molar-refractivity contribution in [3.05, 3.63) is 59.1 Å². The van der Waals surface area contributed by atoms with Crippen LogP contribution in [0.5, 0.6) is 5.75 Å². The fraction of sp³-hybridized carbons (Fsp3) is 0.391. The molecule has 0 bridgehead atoms. The largest absolute Gasteiger partial charge is 0.482 e. The smallest absolute Gasteiger partial charge is 0.265 e. The molecule has 1 N–H and O–H groups in total. The Morgan fingerprint density at radius 3 is 2.63 bits per heavy atom. The maximum Gasteiger partial charge on any atom is 0.265 e. The van der Waals surface area contributed by atoms with Gasteiger partial charge in [-0.2, -0.15) is 0 Å². The summed E-state index contributed by atoms with van der Waals surface area (Å²) in [6.45, 7) is 2.83. The average molecular weight is 428 g/mol. The van der Waals surface area contributed by atoms with Gasteiger partial charge in [0.2, 0.25) is 5.91 Å².